The van der Waals surface area contributed by atoms with E-state index in [1.54, 1.807) is 5.51 Å². The van der Waals surface area contributed by atoms with Crippen LogP contribution < -0.4 is 4.74 Å². The minimum absolute atomic E-state index is 0.0979. The Morgan fingerprint density at radius 1 is 1.19 bits per heavy atom. The van der Waals surface area contributed by atoms with Crippen LogP contribution in [0.15, 0.2) is 59.4 Å². The highest BCUT2D eigenvalue weighted by Crippen LogP contribution is 2.34. The maximum atomic E-state index is 13.5. The molecule has 1 saturated heterocycles. The molecule has 0 N–H and O–H groups in total. The number of amides is 1. The molecule has 0 aliphatic carbocycles. The lowest BCUT2D eigenvalue weighted by Gasteiger charge is -2.26. The van der Waals surface area contributed by atoms with E-state index in [0.717, 1.165) is 53.3 Å². The van der Waals surface area contributed by atoms with E-state index in [0.29, 0.717) is 6.61 Å². The molecule has 1 atom stereocenters. The zero-order valence-electron chi connectivity index (χ0n) is 17.4. The smallest absolute Gasteiger partial charge is 0.243 e. The highest BCUT2D eigenvalue weighted by molar-refractivity contribution is 7.07. The van der Waals surface area contributed by atoms with Crippen LogP contribution in [-0.2, 0) is 11.3 Å². The number of imidazole rings is 1. The summed E-state index contributed by atoms with van der Waals surface area (Å²) in [5.74, 6) is 1.71. The van der Waals surface area contributed by atoms with Crippen molar-refractivity contribution in [1.82, 2.24) is 19.4 Å². The van der Waals surface area contributed by atoms with Gasteiger partial charge < -0.3 is 14.2 Å². The highest BCUT2D eigenvalue weighted by Gasteiger charge is 2.30. The number of carbonyl (C=O) groups is 1. The molecule has 31 heavy (non-hydrogen) atoms. The molecule has 0 radical (unpaired) electrons. The minimum Gasteiger partial charge on any atom is -0.494 e. The van der Waals surface area contributed by atoms with Crippen molar-refractivity contribution < 1.29 is 9.53 Å². The van der Waals surface area contributed by atoms with Gasteiger partial charge in [-0.25, -0.2) is 9.97 Å². The molecule has 158 valence electrons. The Hall–Kier alpha value is -3.19. The van der Waals surface area contributed by atoms with Crippen molar-refractivity contribution in [1.29, 1.82) is 0 Å². The van der Waals surface area contributed by atoms with E-state index >= 15 is 0 Å². The van der Waals surface area contributed by atoms with E-state index in [4.69, 9.17) is 9.72 Å². The first kappa shape index (κ1) is 19.8. The van der Waals surface area contributed by atoms with Gasteiger partial charge in [0.25, 0.3) is 0 Å². The average molecular weight is 433 g/mol. The van der Waals surface area contributed by atoms with Gasteiger partial charge in [0.15, 0.2) is 5.82 Å². The molecule has 1 fully saturated rings. The van der Waals surface area contributed by atoms with E-state index in [2.05, 4.69) is 17.1 Å². The summed E-state index contributed by atoms with van der Waals surface area (Å²) in [7, 11) is 0. The first-order valence-corrected chi connectivity index (χ1v) is 11.5. The Balaban J connectivity index is 1.43. The third-order valence-corrected chi connectivity index (χ3v) is 6.34. The summed E-state index contributed by atoms with van der Waals surface area (Å²) in [6.07, 6.45) is 1.98. The maximum absolute atomic E-state index is 13.5. The van der Waals surface area contributed by atoms with Crippen LogP contribution in [0.5, 0.6) is 5.75 Å². The third kappa shape index (κ3) is 3.81. The summed E-state index contributed by atoms with van der Waals surface area (Å²) in [6.45, 7) is 3.65. The van der Waals surface area contributed by atoms with Crippen molar-refractivity contribution >= 4 is 28.3 Å². The van der Waals surface area contributed by atoms with Crippen molar-refractivity contribution in [2.75, 3.05) is 13.2 Å². The molecule has 1 amide bonds. The van der Waals surface area contributed by atoms with Crippen LogP contribution in [0.4, 0.5) is 0 Å². The fourth-order valence-electron chi connectivity index (χ4n) is 4.34. The number of aromatic nitrogens is 3. The number of para-hydroxylation sites is 2. The SMILES string of the molecule is CCOc1ccc([C@@H]2CCCN2C(=O)Cn2c(-c3cscn3)nc3ccccc32)cc1. The van der Waals surface area contributed by atoms with Gasteiger partial charge in [0.1, 0.15) is 18.0 Å². The van der Waals surface area contributed by atoms with E-state index in [-0.39, 0.29) is 18.5 Å². The quantitative estimate of drug-likeness (QED) is 0.434. The van der Waals surface area contributed by atoms with Crippen molar-refractivity contribution in [3.8, 4) is 17.3 Å². The van der Waals surface area contributed by atoms with Crippen molar-refractivity contribution in [2.24, 2.45) is 0 Å². The van der Waals surface area contributed by atoms with Crippen molar-refractivity contribution in [3.05, 3.63) is 65.0 Å². The van der Waals surface area contributed by atoms with Crippen LogP contribution >= 0.6 is 11.3 Å². The lowest BCUT2D eigenvalue weighted by molar-refractivity contribution is -0.132. The molecule has 0 bridgehead atoms. The standard InChI is InChI=1S/C24H24N4O2S/c1-2-30-18-11-9-17(10-12-18)21-8-5-13-27(21)23(29)14-28-22-7-4-3-6-19(22)26-24(28)20-15-31-16-25-20/h3-4,6-7,9-12,15-16,21H,2,5,8,13-14H2,1H3/t21-/m0/s1. The highest BCUT2D eigenvalue weighted by atomic mass is 32.1. The van der Waals surface area contributed by atoms with Crippen LogP contribution in [0.3, 0.4) is 0 Å². The first-order chi connectivity index (χ1) is 15.2. The van der Waals surface area contributed by atoms with Gasteiger partial charge in [-0.15, -0.1) is 11.3 Å². The van der Waals surface area contributed by atoms with Crippen molar-refractivity contribution in [2.45, 2.75) is 32.4 Å². The molecule has 0 unspecified atom stereocenters. The second kappa shape index (κ2) is 8.51. The molecule has 1 aliphatic rings. The number of hydrogen-bond acceptors (Lipinski definition) is 5. The molecule has 2 aromatic heterocycles. The molecule has 0 spiro atoms. The maximum Gasteiger partial charge on any atom is 0.243 e. The number of ether oxygens (including phenoxy) is 1. The molecule has 0 saturated carbocycles. The fraction of sp³-hybridized carbons (Fsp3) is 0.292. The van der Waals surface area contributed by atoms with Gasteiger partial charge >= 0.3 is 0 Å². The summed E-state index contributed by atoms with van der Waals surface area (Å²) in [6, 6.07) is 16.2. The monoisotopic (exact) mass is 432 g/mol. The number of nitrogens with zero attached hydrogens (tertiary/aromatic N) is 4. The predicted molar refractivity (Wildman–Crippen MR) is 122 cm³/mol. The number of rotatable bonds is 6. The third-order valence-electron chi connectivity index (χ3n) is 5.76. The summed E-state index contributed by atoms with van der Waals surface area (Å²) < 4.78 is 7.56. The topological polar surface area (TPSA) is 60.2 Å². The minimum atomic E-state index is 0.0979. The van der Waals surface area contributed by atoms with Crippen LogP contribution in [0.1, 0.15) is 31.4 Å². The Kier molecular flexibility index (Phi) is 5.42. The molecule has 5 rings (SSSR count). The summed E-state index contributed by atoms with van der Waals surface area (Å²) in [4.78, 5) is 24.7. The Morgan fingerprint density at radius 3 is 2.81 bits per heavy atom. The van der Waals surface area contributed by atoms with Crippen LogP contribution in [0.25, 0.3) is 22.6 Å². The summed E-state index contributed by atoms with van der Waals surface area (Å²) in [5.41, 5.74) is 5.59. The van der Waals surface area contributed by atoms with Gasteiger partial charge in [-0.05, 0) is 49.6 Å². The van der Waals surface area contributed by atoms with E-state index in [1.807, 2.05) is 58.2 Å². The molecular formula is C24H24N4O2S. The van der Waals surface area contributed by atoms with E-state index in [1.165, 1.54) is 11.3 Å². The number of hydrogen-bond donors (Lipinski definition) is 0. The number of fused-ring (bicyclic) bond motifs is 1. The summed E-state index contributed by atoms with van der Waals surface area (Å²) >= 11 is 1.53. The first-order valence-electron chi connectivity index (χ1n) is 10.6. The zero-order chi connectivity index (χ0) is 21.2. The van der Waals surface area contributed by atoms with Crippen molar-refractivity contribution in [3.63, 3.8) is 0 Å². The molecule has 6 nitrogen and oxygen atoms in total. The second-order valence-corrected chi connectivity index (χ2v) is 8.35. The number of likely N-dealkylation sites (tertiary alicyclic amines) is 1. The Bertz CT molecular complexity index is 1180. The lowest BCUT2D eigenvalue weighted by Crippen LogP contribution is -2.33. The molecule has 7 heteroatoms. The average Bonchev–Trinajstić information content (AvgIpc) is 3.55. The molecule has 2 aromatic carbocycles. The number of thiazole rings is 1. The second-order valence-electron chi connectivity index (χ2n) is 7.63. The Morgan fingerprint density at radius 2 is 2.03 bits per heavy atom. The van der Waals surface area contributed by atoms with E-state index < -0.39 is 0 Å². The number of benzene rings is 2. The van der Waals surface area contributed by atoms with Crippen LogP contribution in [-0.4, -0.2) is 38.5 Å². The zero-order valence-corrected chi connectivity index (χ0v) is 18.2. The van der Waals surface area contributed by atoms with Gasteiger partial charge in [-0.2, -0.15) is 0 Å². The van der Waals surface area contributed by atoms with Gasteiger partial charge in [0.2, 0.25) is 5.91 Å². The lowest BCUT2D eigenvalue weighted by atomic mass is 10.0. The van der Waals surface area contributed by atoms with Gasteiger partial charge in [0.05, 0.1) is 29.2 Å². The van der Waals surface area contributed by atoms with Crippen LogP contribution in [0, 0.1) is 0 Å². The summed E-state index contributed by atoms with van der Waals surface area (Å²) in [5, 5.41) is 1.97. The fourth-order valence-corrected chi connectivity index (χ4v) is 4.88. The number of carbonyl (C=O) groups excluding carboxylic acids is 1. The molecular weight excluding hydrogens is 408 g/mol. The predicted octanol–water partition coefficient (Wildman–Crippen LogP) is 4.92. The normalized spacial score (nSPS) is 16.2. The largest absolute Gasteiger partial charge is 0.494 e. The van der Waals surface area contributed by atoms with E-state index in [9.17, 15) is 4.79 Å². The van der Waals surface area contributed by atoms with Gasteiger partial charge in [-0.3, -0.25) is 4.79 Å². The molecule has 1 aliphatic heterocycles. The van der Waals surface area contributed by atoms with Crippen LogP contribution in [0.2, 0.25) is 0 Å². The molecule has 4 aromatic rings. The Labute approximate surface area is 185 Å². The van der Waals surface area contributed by atoms with Gasteiger partial charge in [-0.1, -0.05) is 24.3 Å². The van der Waals surface area contributed by atoms with Gasteiger partial charge in [0, 0.05) is 11.9 Å². The molecule has 3 heterocycles.